The van der Waals surface area contributed by atoms with Crippen molar-refractivity contribution in [3.63, 3.8) is 0 Å². The van der Waals surface area contributed by atoms with Crippen molar-refractivity contribution in [1.82, 2.24) is 4.90 Å². The predicted octanol–water partition coefficient (Wildman–Crippen LogP) is 2.52. The predicted molar refractivity (Wildman–Crippen MR) is 75.0 cm³/mol. The molecule has 2 amide bonds. The molecule has 1 fully saturated rings. The Bertz CT molecular complexity index is 460. The van der Waals surface area contributed by atoms with Crippen LogP contribution in [0.5, 0.6) is 0 Å². The molecule has 1 aromatic rings. The molecular weight excluding hydrogens is 240 g/mol. The Morgan fingerprint density at radius 1 is 1.11 bits per heavy atom. The SMILES string of the molecule is CC(C)C(=O)Nc1ccc(C(=O)N2CCCC2)cc1. The summed E-state index contributed by atoms with van der Waals surface area (Å²) >= 11 is 0. The Hall–Kier alpha value is -1.84. The molecule has 4 heteroatoms. The minimum absolute atomic E-state index is 0.0152. The van der Waals surface area contributed by atoms with Gasteiger partial charge in [-0.15, -0.1) is 0 Å². The van der Waals surface area contributed by atoms with Gasteiger partial charge in [-0.25, -0.2) is 0 Å². The minimum Gasteiger partial charge on any atom is -0.339 e. The Kier molecular flexibility index (Phi) is 4.20. The van der Waals surface area contributed by atoms with Crippen LogP contribution >= 0.6 is 0 Å². The number of hydrogen-bond donors (Lipinski definition) is 1. The van der Waals surface area contributed by atoms with Crippen LogP contribution in [0.2, 0.25) is 0 Å². The van der Waals surface area contributed by atoms with Gasteiger partial charge in [0, 0.05) is 30.3 Å². The molecule has 0 spiro atoms. The molecule has 0 bridgehead atoms. The summed E-state index contributed by atoms with van der Waals surface area (Å²) in [6, 6.07) is 7.11. The Morgan fingerprint density at radius 3 is 2.21 bits per heavy atom. The maximum absolute atomic E-state index is 12.1. The van der Waals surface area contributed by atoms with Crippen LogP contribution in [-0.2, 0) is 4.79 Å². The van der Waals surface area contributed by atoms with Crippen molar-refractivity contribution in [3.8, 4) is 0 Å². The minimum atomic E-state index is -0.0501. The van der Waals surface area contributed by atoms with Crippen LogP contribution in [0.1, 0.15) is 37.0 Å². The number of carbonyl (C=O) groups excluding carboxylic acids is 2. The zero-order chi connectivity index (χ0) is 13.8. The third kappa shape index (κ3) is 3.34. The number of carbonyl (C=O) groups is 2. The van der Waals surface area contributed by atoms with Crippen molar-refractivity contribution in [2.75, 3.05) is 18.4 Å². The van der Waals surface area contributed by atoms with Crippen LogP contribution in [0.3, 0.4) is 0 Å². The second-order valence-corrected chi connectivity index (χ2v) is 5.22. The lowest BCUT2D eigenvalue weighted by Gasteiger charge is -2.15. The molecule has 0 unspecified atom stereocenters. The first kappa shape index (κ1) is 13.6. The summed E-state index contributed by atoms with van der Waals surface area (Å²) in [5, 5.41) is 2.81. The molecule has 0 aromatic heterocycles. The highest BCUT2D eigenvalue weighted by atomic mass is 16.2. The fraction of sp³-hybridized carbons (Fsp3) is 0.467. The lowest BCUT2D eigenvalue weighted by Crippen LogP contribution is -2.27. The van der Waals surface area contributed by atoms with E-state index in [0.29, 0.717) is 5.56 Å². The zero-order valence-corrected chi connectivity index (χ0v) is 11.5. The van der Waals surface area contributed by atoms with Gasteiger partial charge in [0.2, 0.25) is 5.91 Å². The lowest BCUT2D eigenvalue weighted by atomic mass is 10.1. The van der Waals surface area contributed by atoms with Gasteiger partial charge in [-0.3, -0.25) is 9.59 Å². The van der Waals surface area contributed by atoms with E-state index in [2.05, 4.69) is 5.32 Å². The van der Waals surface area contributed by atoms with Gasteiger partial charge in [0.05, 0.1) is 0 Å². The molecule has 0 saturated carbocycles. The summed E-state index contributed by atoms with van der Waals surface area (Å²) in [4.78, 5) is 25.6. The average molecular weight is 260 g/mol. The topological polar surface area (TPSA) is 49.4 Å². The van der Waals surface area contributed by atoms with Gasteiger partial charge in [-0.2, -0.15) is 0 Å². The zero-order valence-electron chi connectivity index (χ0n) is 11.5. The number of nitrogens with zero attached hydrogens (tertiary/aromatic N) is 1. The molecule has 1 aromatic carbocycles. The van der Waals surface area contributed by atoms with Crippen molar-refractivity contribution in [2.24, 2.45) is 5.92 Å². The van der Waals surface area contributed by atoms with Crippen LogP contribution in [0.4, 0.5) is 5.69 Å². The first-order valence-electron chi connectivity index (χ1n) is 6.78. The van der Waals surface area contributed by atoms with E-state index < -0.39 is 0 Å². The Morgan fingerprint density at radius 2 is 1.68 bits per heavy atom. The van der Waals surface area contributed by atoms with Gasteiger partial charge in [0.25, 0.3) is 5.91 Å². The standard InChI is InChI=1S/C15H20N2O2/c1-11(2)14(18)16-13-7-5-12(6-8-13)15(19)17-9-3-4-10-17/h5-8,11H,3-4,9-10H2,1-2H3,(H,16,18). The number of hydrogen-bond acceptors (Lipinski definition) is 2. The molecular formula is C15H20N2O2. The summed E-state index contributed by atoms with van der Waals surface area (Å²) in [5.41, 5.74) is 1.42. The van der Waals surface area contributed by atoms with Crippen molar-refractivity contribution in [2.45, 2.75) is 26.7 Å². The smallest absolute Gasteiger partial charge is 0.253 e. The maximum Gasteiger partial charge on any atom is 0.253 e. The van der Waals surface area contributed by atoms with E-state index in [9.17, 15) is 9.59 Å². The van der Waals surface area contributed by atoms with E-state index in [1.165, 1.54) is 0 Å². The monoisotopic (exact) mass is 260 g/mol. The van der Waals surface area contributed by atoms with E-state index >= 15 is 0 Å². The molecule has 2 rings (SSSR count). The largest absolute Gasteiger partial charge is 0.339 e. The van der Waals surface area contributed by atoms with Crippen LogP contribution < -0.4 is 5.32 Å². The molecule has 0 radical (unpaired) electrons. The molecule has 1 aliphatic heterocycles. The second kappa shape index (κ2) is 5.87. The van der Waals surface area contributed by atoms with Gasteiger partial charge >= 0.3 is 0 Å². The third-order valence-corrected chi connectivity index (χ3v) is 3.32. The molecule has 19 heavy (non-hydrogen) atoms. The molecule has 1 saturated heterocycles. The molecule has 1 N–H and O–H groups in total. The summed E-state index contributed by atoms with van der Waals surface area (Å²) in [6.07, 6.45) is 2.18. The van der Waals surface area contributed by atoms with Crippen molar-refractivity contribution < 1.29 is 9.59 Å². The normalized spacial score (nSPS) is 14.8. The summed E-state index contributed by atoms with van der Waals surface area (Å²) in [5.74, 6) is 0.0174. The summed E-state index contributed by atoms with van der Waals surface area (Å²) in [6.45, 7) is 5.40. The van der Waals surface area contributed by atoms with E-state index in [1.807, 2.05) is 18.7 Å². The average Bonchev–Trinajstić information content (AvgIpc) is 2.92. The molecule has 0 atom stereocenters. The number of likely N-dealkylation sites (tertiary alicyclic amines) is 1. The van der Waals surface area contributed by atoms with Gasteiger partial charge < -0.3 is 10.2 Å². The van der Waals surface area contributed by atoms with E-state index in [-0.39, 0.29) is 17.7 Å². The second-order valence-electron chi connectivity index (χ2n) is 5.22. The molecule has 0 aliphatic carbocycles. The first-order valence-corrected chi connectivity index (χ1v) is 6.78. The Balaban J connectivity index is 2.01. The highest BCUT2D eigenvalue weighted by Crippen LogP contribution is 2.15. The number of rotatable bonds is 3. The summed E-state index contributed by atoms with van der Waals surface area (Å²) in [7, 11) is 0. The van der Waals surface area contributed by atoms with Crippen molar-refractivity contribution in [3.05, 3.63) is 29.8 Å². The fourth-order valence-electron chi connectivity index (χ4n) is 2.09. The maximum atomic E-state index is 12.1. The molecule has 1 heterocycles. The summed E-state index contributed by atoms with van der Waals surface area (Å²) < 4.78 is 0. The molecule has 102 valence electrons. The number of anilines is 1. The van der Waals surface area contributed by atoms with Crippen LogP contribution in [-0.4, -0.2) is 29.8 Å². The molecule has 1 aliphatic rings. The Labute approximate surface area is 113 Å². The number of nitrogens with one attached hydrogen (secondary N) is 1. The first-order chi connectivity index (χ1) is 9.08. The van der Waals surface area contributed by atoms with Crippen molar-refractivity contribution >= 4 is 17.5 Å². The van der Waals surface area contributed by atoms with E-state index in [1.54, 1.807) is 24.3 Å². The van der Waals surface area contributed by atoms with E-state index in [0.717, 1.165) is 31.6 Å². The highest BCUT2D eigenvalue weighted by Gasteiger charge is 2.19. The van der Waals surface area contributed by atoms with Crippen molar-refractivity contribution in [1.29, 1.82) is 0 Å². The lowest BCUT2D eigenvalue weighted by molar-refractivity contribution is -0.118. The quantitative estimate of drug-likeness (QED) is 0.907. The number of amides is 2. The van der Waals surface area contributed by atoms with Gasteiger partial charge in [0.1, 0.15) is 0 Å². The van der Waals surface area contributed by atoms with E-state index in [4.69, 9.17) is 0 Å². The fourth-order valence-corrected chi connectivity index (χ4v) is 2.09. The highest BCUT2D eigenvalue weighted by molar-refractivity contribution is 5.96. The van der Waals surface area contributed by atoms with Crippen LogP contribution in [0, 0.1) is 5.92 Å². The third-order valence-electron chi connectivity index (χ3n) is 3.32. The van der Waals surface area contributed by atoms with Gasteiger partial charge in [-0.1, -0.05) is 13.8 Å². The van der Waals surface area contributed by atoms with Crippen LogP contribution in [0.15, 0.2) is 24.3 Å². The van der Waals surface area contributed by atoms with Crippen LogP contribution in [0.25, 0.3) is 0 Å². The van der Waals surface area contributed by atoms with Gasteiger partial charge in [0.15, 0.2) is 0 Å². The molecule has 4 nitrogen and oxygen atoms in total. The van der Waals surface area contributed by atoms with Gasteiger partial charge in [-0.05, 0) is 37.1 Å². The number of benzene rings is 1.